The standard InChI is InChI=1S/C13H18FNO2/c1-8(2)13(17)11-5-4-10(14)6-12(11)15-7-9(3)16/h4-6,8-9,15-16H,7H2,1-3H3. The average molecular weight is 239 g/mol. The summed E-state index contributed by atoms with van der Waals surface area (Å²) in [6.07, 6.45) is -0.555. The first-order chi connectivity index (χ1) is 7.91. The summed E-state index contributed by atoms with van der Waals surface area (Å²) in [5, 5.41) is 12.1. The minimum Gasteiger partial charge on any atom is -0.392 e. The van der Waals surface area contributed by atoms with Crippen molar-refractivity contribution in [3.8, 4) is 0 Å². The number of aliphatic hydroxyl groups is 1. The lowest BCUT2D eigenvalue weighted by Gasteiger charge is -2.14. The highest BCUT2D eigenvalue weighted by Crippen LogP contribution is 2.20. The summed E-state index contributed by atoms with van der Waals surface area (Å²) in [4.78, 5) is 11.9. The van der Waals surface area contributed by atoms with Gasteiger partial charge in [0.15, 0.2) is 5.78 Å². The van der Waals surface area contributed by atoms with Gasteiger partial charge in [0.25, 0.3) is 0 Å². The van der Waals surface area contributed by atoms with Gasteiger partial charge >= 0.3 is 0 Å². The number of ketones is 1. The highest BCUT2D eigenvalue weighted by Gasteiger charge is 2.15. The molecule has 1 aromatic carbocycles. The normalized spacial score (nSPS) is 12.6. The van der Waals surface area contributed by atoms with Crippen LogP contribution in [0, 0.1) is 11.7 Å². The van der Waals surface area contributed by atoms with Crippen LogP contribution in [0.5, 0.6) is 0 Å². The number of carbonyl (C=O) groups is 1. The van der Waals surface area contributed by atoms with E-state index in [1.54, 1.807) is 20.8 Å². The minimum atomic E-state index is -0.555. The molecule has 4 heteroatoms. The first-order valence-corrected chi connectivity index (χ1v) is 5.67. The van der Waals surface area contributed by atoms with Crippen molar-refractivity contribution in [1.82, 2.24) is 0 Å². The Balaban J connectivity index is 2.99. The molecule has 1 atom stereocenters. The number of hydrogen-bond acceptors (Lipinski definition) is 3. The third kappa shape index (κ3) is 3.82. The Morgan fingerprint density at radius 3 is 2.59 bits per heavy atom. The number of anilines is 1. The Kier molecular flexibility index (Phi) is 4.63. The smallest absolute Gasteiger partial charge is 0.167 e. The summed E-state index contributed by atoms with van der Waals surface area (Å²) in [5.74, 6) is -0.593. The predicted octanol–water partition coefficient (Wildman–Crippen LogP) is 2.46. The first kappa shape index (κ1) is 13.6. The number of rotatable bonds is 5. The van der Waals surface area contributed by atoms with E-state index in [-0.39, 0.29) is 18.2 Å². The van der Waals surface area contributed by atoms with Crippen LogP contribution >= 0.6 is 0 Å². The maximum Gasteiger partial charge on any atom is 0.167 e. The van der Waals surface area contributed by atoms with Gasteiger partial charge in [-0.15, -0.1) is 0 Å². The van der Waals surface area contributed by atoms with Gasteiger partial charge in [-0.2, -0.15) is 0 Å². The third-order valence-electron chi connectivity index (χ3n) is 2.36. The lowest BCUT2D eigenvalue weighted by Crippen LogP contribution is -2.18. The molecular weight excluding hydrogens is 221 g/mol. The maximum atomic E-state index is 13.1. The molecule has 17 heavy (non-hydrogen) atoms. The Morgan fingerprint density at radius 1 is 1.41 bits per heavy atom. The van der Waals surface area contributed by atoms with Crippen molar-refractivity contribution < 1.29 is 14.3 Å². The maximum absolute atomic E-state index is 13.1. The average Bonchev–Trinajstić information content (AvgIpc) is 2.25. The third-order valence-corrected chi connectivity index (χ3v) is 2.36. The summed E-state index contributed by atoms with van der Waals surface area (Å²) in [6.45, 7) is 5.49. The molecule has 0 bridgehead atoms. The van der Waals surface area contributed by atoms with Crippen molar-refractivity contribution in [2.75, 3.05) is 11.9 Å². The van der Waals surface area contributed by atoms with Gasteiger partial charge in [-0.05, 0) is 25.1 Å². The molecule has 0 saturated heterocycles. The van der Waals surface area contributed by atoms with Crippen LogP contribution in [0.1, 0.15) is 31.1 Å². The molecule has 1 aromatic rings. The van der Waals surface area contributed by atoms with Crippen molar-refractivity contribution in [3.63, 3.8) is 0 Å². The largest absolute Gasteiger partial charge is 0.392 e. The number of halogens is 1. The monoisotopic (exact) mass is 239 g/mol. The highest BCUT2D eigenvalue weighted by atomic mass is 19.1. The van der Waals surface area contributed by atoms with E-state index in [1.807, 2.05) is 0 Å². The topological polar surface area (TPSA) is 49.3 Å². The van der Waals surface area contributed by atoms with Gasteiger partial charge in [-0.3, -0.25) is 4.79 Å². The van der Waals surface area contributed by atoms with Crippen molar-refractivity contribution in [3.05, 3.63) is 29.6 Å². The van der Waals surface area contributed by atoms with Crippen molar-refractivity contribution in [1.29, 1.82) is 0 Å². The van der Waals surface area contributed by atoms with Crippen LogP contribution in [-0.4, -0.2) is 23.5 Å². The second-order valence-corrected chi connectivity index (χ2v) is 4.44. The molecule has 1 rings (SSSR count). The molecule has 0 fully saturated rings. The number of nitrogens with one attached hydrogen (secondary N) is 1. The van der Waals surface area contributed by atoms with Gasteiger partial charge in [0.05, 0.1) is 6.10 Å². The van der Waals surface area contributed by atoms with E-state index in [9.17, 15) is 14.3 Å². The van der Waals surface area contributed by atoms with E-state index in [0.717, 1.165) is 0 Å². The molecule has 0 aliphatic heterocycles. The minimum absolute atomic E-state index is 0.0434. The van der Waals surface area contributed by atoms with Crippen molar-refractivity contribution >= 4 is 11.5 Å². The Bertz CT molecular complexity index is 402. The molecule has 0 radical (unpaired) electrons. The second kappa shape index (κ2) is 5.77. The van der Waals surface area contributed by atoms with E-state index in [4.69, 9.17) is 0 Å². The fraction of sp³-hybridized carbons (Fsp3) is 0.462. The predicted molar refractivity (Wildman–Crippen MR) is 65.7 cm³/mol. The summed E-state index contributed by atoms with van der Waals surface area (Å²) < 4.78 is 13.1. The molecule has 0 saturated carbocycles. The molecule has 2 N–H and O–H groups in total. The molecular formula is C13H18FNO2. The summed E-state index contributed by atoms with van der Waals surface area (Å²) in [6, 6.07) is 4.02. The van der Waals surface area contributed by atoms with Crippen LogP contribution in [0.3, 0.4) is 0 Å². The number of aliphatic hydroxyl groups excluding tert-OH is 1. The number of benzene rings is 1. The lowest BCUT2D eigenvalue weighted by molar-refractivity contribution is 0.0940. The van der Waals surface area contributed by atoms with Crippen molar-refractivity contribution in [2.24, 2.45) is 5.92 Å². The lowest BCUT2D eigenvalue weighted by atomic mass is 9.99. The number of Topliss-reactive ketones (excluding diaryl/α,β-unsaturated/α-hetero) is 1. The number of hydrogen-bond donors (Lipinski definition) is 2. The van der Waals surface area contributed by atoms with Gasteiger partial charge in [-0.1, -0.05) is 13.8 Å². The molecule has 0 aromatic heterocycles. The van der Waals surface area contributed by atoms with Crippen LogP contribution in [0.15, 0.2) is 18.2 Å². The van der Waals surface area contributed by atoms with Gasteiger partial charge in [0, 0.05) is 23.7 Å². The van der Waals surface area contributed by atoms with Crippen LogP contribution < -0.4 is 5.32 Å². The molecule has 0 heterocycles. The fourth-order valence-corrected chi connectivity index (χ4v) is 1.45. The van der Waals surface area contributed by atoms with Gasteiger partial charge in [0.1, 0.15) is 5.82 Å². The zero-order valence-electron chi connectivity index (χ0n) is 10.3. The SMILES string of the molecule is CC(O)CNc1cc(F)ccc1C(=O)C(C)C. The zero-order chi connectivity index (χ0) is 13.0. The van der Waals surface area contributed by atoms with E-state index in [2.05, 4.69) is 5.32 Å². The van der Waals surface area contributed by atoms with E-state index < -0.39 is 11.9 Å². The molecule has 0 amide bonds. The van der Waals surface area contributed by atoms with Gasteiger partial charge in [0.2, 0.25) is 0 Å². The Morgan fingerprint density at radius 2 is 2.06 bits per heavy atom. The molecule has 1 unspecified atom stereocenters. The number of carbonyl (C=O) groups excluding carboxylic acids is 1. The van der Waals surface area contributed by atoms with Crippen LogP contribution in [0.4, 0.5) is 10.1 Å². The Hall–Kier alpha value is -1.42. The molecule has 0 aliphatic rings. The summed E-state index contributed by atoms with van der Waals surface area (Å²) in [7, 11) is 0. The van der Waals surface area contributed by atoms with E-state index in [1.165, 1.54) is 18.2 Å². The molecule has 0 spiro atoms. The molecule has 0 aliphatic carbocycles. The second-order valence-electron chi connectivity index (χ2n) is 4.44. The molecule has 94 valence electrons. The quantitative estimate of drug-likeness (QED) is 0.776. The van der Waals surface area contributed by atoms with Crippen LogP contribution in [0.2, 0.25) is 0 Å². The van der Waals surface area contributed by atoms with Crippen molar-refractivity contribution in [2.45, 2.75) is 26.9 Å². The summed E-state index contributed by atoms with van der Waals surface area (Å²) >= 11 is 0. The highest BCUT2D eigenvalue weighted by molar-refractivity contribution is 6.02. The van der Waals surface area contributed by atoms with Crippen LogP contribution in [0.25, 0.3) is 0 Å². The van der Waals surface area contributed by atoms with Crippen LogP contribution in [-0.2, 0) is 0 Å². The fourth-order valence-electron chi connectivity index (χ4n) is 1.45. The first-order valence-electron chi connectivity index (χ1n) is 5.67. The van der Waals surface area contributed by atoms with E-state index in [0.29, 0.717) is 11.3 Å². The summed E-state index contributed by atoms with van der Waals surface area (Å²) in [5.41, 5.74) is 0.895. The zero-order valence-corrected chi connectivity index (χ0v) is 10.3. The molecule has 3 nitrogen and oxygen atoms in total. The van der Waals surface area contributed by atoms with E-state index >= 15 is 0 Å². The van der Waals surface area contributed by atoms with Gasteiger partial charge < -0.3 is 10.4 Å². The Labute approximate surface area is 101 Å². The van der Waals surface area contributed by atoms with Gasteiger partial charge in [-0.25, -0.2) is 4.39 Å².